The Morgan fingerprint density at radius 1 is 1.46 bits per heavy atom. The zero-order chi connectivity index (χ0) is 10.0. The standard InChI is InChI=1S/C9H16O4/c1-5-8(11)4-9(6(2)12-5)13-7(3)10/h5-6,8-9,11H,4H2,1-3H3/t5-,6+,8-,9-/m1/s1. The fraction of sp³-hybridized carbons (Fsp3) is 0.889. The van der Waals surface area contributed by atoms with Crippen LogP contribution in [0.5, 0.6) is 0 Å². The summed E-state index contributed by atoms with van der Waals surface area (Å²) >= 11 is 0. The van der Waals surface area contributed by atoms with Crippen LogP contribution in [-0.2, 0) is 14.3 Å². The van der Waals surface area contributed by atoms with Gasteiger partial charge in [-0.15, -0.1) is 0 Å². The van der Waals surface area contributed by atoms with Crippen molar-refractivity contribution >= 4 is 5.97 Å². The van der Waals surface area contributed by atoms with Crippen molar-refractivity contribution in [3.63, 3.8) is 0 Å². The van der Waals surface area contributed by atoms with Crippen LogP contribution in [-0.4, -0.2) is 35.5 Å². The highest BCUT2D eigenvalue weighted by molar-refractivity contribution is 5.66. The van der Waals surface area contributed by atoms with Crippen molar-refractivity contribution in [3.8, 4) is 0 Å². The van der Waals surface area contributed by atoms with Gasteiger partial charge in [-0.05, 0) is 13.8 Å². The van der Waals surface area contributed by atoms with E-state index in [9.17, 15) is 9.90 Å². The Kier molecular flexibility index (Phi) is 3.27. The van der Waals surface area contributed by atoms with Crippen molar-refractivity contribution in [2.75, 3.05) is 0 Å². The van der Waals surface area contributed by atoms with E-state index in [0.29, 0.717) is 6.42 Å². The molecule has 1 aliphatic heterocycles. The molecule has 0 spiro atoms. The first kappa shape index (κ1) is 10.5. The van der Waals surface area contributed by atoms with Gasteiger partial charge in [0, 0.05) is 13.3 Å². The number of ether oxygens (including phenoxy) is 2. The molecule has 4 nitrogen and oxygen atoms in total. The van der Waals surface area contributed by atoms with E-state index in [-0.39, 0.29) is 24.3 Å². The van der Waals surface area contributed by atoms with Crippen LogP contribution < -0.4 is 0 Å². The normalized spacial score (nSPS) is 40.0. The predicted molar refractivity (Wildman–Crippen MR) is 46.2 cm³/mol. The molecule has 4 heteroatoms. The summed E-state index contributed by atoms with van der Waals surface area (Å²) in [5.74, 6) is -0.331. The summed E-state index contributed by atoms with van der Waals surface area (Å²) in [4.78, 5) is 10.7. The molecule has 0 aromatic rings. The van der Waals surface area contributed by atoms with Crippen molar-refractivity contribution in [1.29, 1.82) is 0 Å². The molecule has 0 aromatic heterocycles. The number of hydrogen-bond donors (Lipinski definition) is 1. The first-order chi connectivity index (χ1) is 6.00. The first-order valence-corrected chi connectivity index (χ1v) is 4.51. The van der Waals surface area contributed by atoms with Gasteiger partial charge in [-0.3, -0.25) is 4.79 Å². The zero-order valence-electron chi connectivity index (χ0n) is 8.19. The third-order valence-electron chi connectivity index (χ3n) is 2.29. The van der Waals surface area contributed by atoms with Gasteiger partial charge in [-0.2, -0.15) is 0 Å². The minimum Gasteiger partial charge on any atom is -0.460 e. The summed E-state index contributed by atoms with van der Waals surface area (Å²) in [6.45, 7) is 5.01. The monoisotopic (exact) mass is 188 g/mol. The Morgan fingerprint density at radius 2 is 2.08 bits per heavy atom. The highest BCUT2D eigenvalue weighted by atomic mass is 16.6. The third kappa shape index (κ3) is 2.67. The maximum atomic E-state index is 10.7. The van der Waals surface area contributed by atoms with Crippen molar-refractivity contribution in [2.24, 2.45) is 0 Å². The molecule has 0 unspecified atom stereocenters. The molecule has 1 N–H and O–H groups in total. The van der Waals surface area contributed by atoms with Crippen LogP contribution in [0.3, 0.4) is 0 Å². The molecule has 0 aromatic carbocycles. The quantitative estimate of drug-likeness (QED) is 0.608. The van der Waals surface area contributed by atoms with Gasteiger partial charge in [0.25, 0.3) is 0 Å². The van der Waals surface area contributed by atoms with Gasteiger partial charge >= 0.3 is 5.97 Å². The molecule has 1 aliphatic rings. The van der Waals surface area contributed by atoms with Crippen molar-refractivity contribution in [2.45, 2.75) is 51.6 Å². The van der Waals surface area contributed by atoms with Crippen LogP contribution in [0.2, 0.25) is 0 Å². The average Bonchev–Trinajstić information content (AvgIpc) is 1.99. The molecule has 4 atom stereocenters. The van der Waals surface area contributed by atoms with E-state index in [1.807, 2.05) is 13.8 Å². The lowest BCUT2D eigenvalue weighted by Gasteiger charge is -2.35. The summed E-state index contributed by atoms with van der Waals surface area (Å²) in [6.07, 6.45) is -0.713. The second kappa shape index (κ2) is 4.07. The largest absolute Gasteiger partial charge is 0.460 e. The van der Waals surface area contributed by atoms with E-state index in [4.69, 9.17) is 9.47 Å². The molecule has 1 rings (SSSR count). The van der Waals surface area contributed by atoms with Crippen molar-refractivity contribution < 1.29 is 19.4 Å². The Bertz CT molecular complexity index is 192. The number of aliphatic hydroxyl groups excluding tert-OH is 1. The molecule has 0 bridgehead atoms. The average molecular weight is 188 g/mol. The Morgan fingerprint density at radius 3 is 2.62 bits per heavy atom. The van der Waals surface area contributed by atoms with Crippen LogP contribution in [0.25, 0.3) is 0 Å². The van der Waals surface area contributed by atoms with E-state index in [0.717, 1.165) is 0 Å². The number of esters is 1. The number of carbonyl (C=O) groups excluding carboxylic acids is 1. The maximum absolute atomic E-state index is 10.7. The molecular formula is C9H16O4. The molecule has 0 aliphatic carbocycles. The SMILES string of the molecule is CC(=O)O[C@@H]1C[C@@H](O)[C@@H](C)O[C@H]1C. The molecule has 76 valence electrons. The second-order valence-electron chi connectivity index (χ2n) is 3.50. The lowest BCUT2D eigenvalue weighted by molar-refractivity contribution is -0.183. The van der Waals surface area contributed by atoms with Crippen molar-refractivity contribution in [3.05, 3.63) is 0 Å². The lowest BCUT2D eigenvalue weighted by atomic mass is 10.00. The number of hydrogen-bond acceptors (Lipinski definition) is 4. The van der Waals surface area contributed by atoms with Gasteiger partial charge in [0.2, 0.25) is 0 Å². The molecule has 1 saturated heterocycles. The van der Waals surface area contributed by atoms with Gasteiger partial charge < -0.3 is 14.6 Å². The van der Waals surface area contributed by atoms with E-state index < -0.39 is 6.10 Å². The van der Waals surface area contributed by atoms with E-state index in [2.05, 4.69) is 0 Å². The molecule has 0 amide bonds. The topological polar surface area (TPSA) is 55.8 Å². The smallest absolute Gasteiger partial charge is 0.302 e. The van der Waals surface area contributed by atoms with E-state index in [1.54, 1.807) is 0 Å². The van der Waals surface area contributed by atoms with Crippen molar-refractivity contribution in [1.82, 2.24) is 0 Å². The molecule has 0 saturated carbocycles. The first-order valence-electron chi connectivity index (χ1n) is 4.51. The minimum absolute atomic E-state index is 0.137. The number of carbonyl (C=O) groups is 1. The molecule has 13 heavy (non-hydrogen) atoms. The Labute approximate surface area is 77.8 Å². The summed E-state index contributed by atoms with van der Waals surface area (Å²) in [6, 6.07) is 0. The summed E-state index contributed by atoms with van der Waals surface area (Å²) in [5.41, 5.74) is 0. The molecule has 0 radical (unpaired) electrons. The van der Waals surface area contributed by atoms with Gasteiger partial charge in [0.05, 0.1) is 18.3 Å². The maximum Gasteiger partial charge on any atom is 0.302 e. The highest BCUT2D eigenvalue weighted by Gasteiger charge is 2.34. The van der Waals surface area contributed by atoms with Crippen LogP contribution >= 0.6 is 0 Å². The fourth-order valence-electron chi connectivity index (χ4n) is 1.50. The number of aliphatic hydroxyl groups is 1. The van der Waals surface area contributed by atoms with Gasteiger partial charge in [-0.1, -0.05) is 0 Å². The van der Waals surface area contributed by atoms with Crippen LogP contribution in [0.1, 0.15) is 27.2 Å². The summed E-state index contributed by atoms with van der Waals surface area (Å²) < 4.78 is 10.4. The van der Waals surface area contributed by atoms with Crippen LogP contribution in [0, 0.1) is 0 Å². The summed E-state index contributed by atoms with van der Waals surface area (Å²) in [5, 5.41) is 9.46. The third-order valence-corrected chi connectivity index (χ3v) is 2.29. The van der Waals surface area contributed by atoms with Crippen LogP contribution in [0.4, 0.5) is 0 Å². The van der Waals surface area contributed by atoms with Gasteiger partial charge in [-0.25, -0.2) is 0 Å². The van der Waals surface area contributed by atoms with Crippen LogP contribution in [0.15, 0.2) is 0 Å². The zero-order valence-corrected chi connectivity index (χ0v) is 8.19. The second-order valence-corrected chi connectivity index (χ2v) is 3.50. The Hall–Kier alpha value is -0.610. The number of rotatable bonds is 1. The fourth-order valence-corrected chi connectivity index (χ4v) is 1.50. The van der Waals surface area contributed by atoms with Gasteiger partial charge in [0.1, 0.15) is 6.10 Å². The Balaban J connectivity index is 2.51. The highest BCUT2D eigenvalue weighted by Crippen LogP contribution is 2.22. The van der Waals surface area contributed by atoms with E-state index >= 15 is 0 Å². The molecule has 1 heterocycles. The lowest BCUT2D eigenvalue weighted by Crippen LogP contribution is -2.46. The minimum atomic E-state index is -0.541. The molecular weight excluding hydrogens is 172 g/mol. The molecule has 1 fully saturated rings. The summed E-state index contributed by atoms with van der Waals surface area (Å²) in [7, 11) is 0. The van der Waals surface area contributed by atoms with E-state index in [1.165, 1.54) is 6.92 Å². The predicted octanol–water partition coefficient (Wildman–Crippen LogP) is 0.476. The van der Waals surface area contributed by atoms with Gasteiger partial charge in [0.15, 0.2) is 0 Å².